The van der Waals surface area contributed by atoms with E-state index in [2.05, 4.69) is 22.7 Å². The number of thiocarbonyl (C=S) groups is 1. The smallest absolute Gasteiger partial charge is 0.228 e. The lowest BCUT2D eigenvalue weighted by Crippen LogP contribution is -2.32. The highest BCUT2D eigenvalue weighted by atomic mass is 32.1. The molecule has 0 atom stereocenters. The number of rotatable bonds is 5. The standard InChI is InChI=1S/C9H18N4OS/c1-4-13(5-2)8(14)6-7(3)11-12-9(10)15/h4-6H2,1-3H3,(H3,10,12,15)/b11-7+. The molecule has 0 bridgehead atoms. The third-order valence-electron chi connectivity index (χ3n) is 1.88. The summed E-state index contributed by atoms with van der Waals surface area (Å²) in [5.41, 5.74) is 8.32. The van der Waals surface area contributed by atoms with Crippen molar-refractivity contribution in [2.45, 2.75) is 27.2 Å². The normalized spacial score (nSPS) is 11.0. The van der Waals surface area contributed by atoms with Gasteiger partial charge in [0.05, 0.1) is 6.42 Å². The zero-order valence-electron chi connectivity index (χ0n) is 9.41. The van der Waals surface area contributed by atoms with Crippen LogP contribution >= 0.6 is 12.2 Å². The second-order valence-electron chi connectivity index (χ2n) is 3.07. The second-order valence-corrected chi connectivity index (χ2v) is 3.51. The van der Waals surface area contributed by atoms with Gasteiger partial charge in [-0.1, -0.05) is 0 Å². The molecule has 0 saturated carbocycles. The van der Waals surface area contributed by atoms with E-state index in [1.54, 1.807) is 11.8 Å². The third kappa shape index (κ3) is 6.01. The van der Waals surface area contributed by atoms with Crippen molar-refractivity contribution in [1.29, 1.82) is 0 Å². The molecule has 0 aromatic heterocycles. The summed E-state index contributed by atoms with van der Waals surface area (Å²) in [5, 5.41) is 3.97. The van der Waals surface area contributed by atoms with Gasteiger partial charge in [0.1, 0.15) is 0 Å². The largest absolute Gasteiger partial charge is 0.375 e. The molecule has 0 saturated heterocycles. The number of carbonyl (C=O) groups is 1. The first-order valence-electron chi connectivity index (χ1n) is 4.87. The maximum absolute atomic E-state index is 11.6. The van der Waals surface area contributed by atoms with Gasteiger partial charge in [0.2, 0.25) is 5.91 Å². The van der Waals surface area contributed by atoms with Gasteiger partial charge in [-0.2, -0.15) is 5.10 Å². The molecule has 0 aliphatic rings. The lowest BCUT2D eigenvalue weighted by molar-refractivity contribution is -0.129. The molecule has 0 unspecified atom stereocenters. The number of nitrogens with one attached hydrogen (secondary N) is 1. The summed E-state index contributed by atoms with van der Waals surface area (Å²) in [4.78, 5) is 13.4. The first-order chi connectivity index (χ1) is 7.01. The lowest BCUT2D eigenvalue weighted by Gasteiger charge is -2.18. The lowest BCUT2D eigenvalue weighted by atomic mass is 10.2. The molecule has 0 heterocycles. The van der Waals surface area contributed by atoms with Gasteiger partial charge >= 0.3 is 0 Å². The Hall–Kier alpha value is -1.17. The first-order valence-corrected chi connectivity index (χ1v) is 5.28. The average Bonchev–Trinajstić information content (AvgIpc) is 2.16. The Morgan fingerprint density at radius 1 is 1.47 bits per heavy atom. The minimum atomic E-state index is 0.0611. The molecule has 0 fully saturated rings. The van der Waals surface area contributed by atoms with Gasteiger partial charge in [-0.15, -0.1) is 0 Å². The van der Waals surface area contributed by atoms with Gasteiger partial charge in [0.15, 0.2) is 5.11 Å². The van der Waals surface area contributed by atoms with Gasteiger partial charge in [0.25, 0.3) is 0 Å². The minimum absolute atomic E-state index is 0.0611. The Balaban J connectivity index is 4.16. The summed E-state index contributed by atoms with van der Waals surface area (Å²) in [6.45, 7) is 7.08. The fourth-order valence-corrected chi connectivity index (χ4v) is 1.14. The van der Waals surface area contributed by atoms with Gasteiger partial charge in [-0.3, -0.25) is 10.2 Å². The van der Waals surface area contributed by atoms with Crippen LogP contribution in [0.1, 0.15) is 27.2 Å². The van der Waals surface area contributed by atoms with Crippen molar-refractivity contribution >= 4 is 28.9 Å². The van der Waals surface area contributed by atoms with Crippen LogP contribution in [0.2, 0.25) is 0 Å². The van der Waals surface area contributed by atoms with E-state index < -0.39 is 0 Å². The third-order valence-corrected chi connectivity index (χ3v) is 1.97. The Morgan fingerprint density at radius 2 is 2.00 bits per heavy atom. The molecular weight excluding hydrogens is 212 g/mol. The van der Waals surface area contributed by atoms with Gasteiger partial charge in [-0.25, -0.2) is 0 Å². The zero-order chi connectivity index (χ0) is 11.8. The van der Waals surface area contributed by atoms with Crippen LogP contribution in [0.3, 0.4) is 0 Å². The topological polar surface area (TPSA) is 70.7 Å². The molecule has 3 N–H and O–H groups in total. The van der Waals surface area contributed by atoms with E-state index in [1.807, 2.05) is 13.8 Å². The van der Waals surface area contributed by atoms with Crippen LogP contribution in [-0.2, 0) is 4.79 Å². The molecular formula is C9H18N4OS. The molecule has 15 heavy (non-hydrogen) atoms. The summed E-state index contributed by atoms with van der Waals surface area (Å²) in [7, 11) is 0. The van der Waals surface area contributed by atoms with Crippen molar-refractivity contribution in [3.63, 3.8) is 0 Å². The highest BCUT2D eigenvalue weighted by molar-refractivity contribution is 7.80. The summed E-state index contributed by atoms with van der Waals surface area (Å²) in [6.07, 6.45) is 0.289. The number of nitrogens with two attached hydrogens (primary N) is 1. The molecule has 0 rings (SSSR count). The van der Waals surface area contributed by atoms with Gasteiger partial charge in [0, 0.05) is 18.8 Å². The highest BCUT2D eigenvalue weighted by Crippen LogP contribution is 1.95. The van der Waals surface area contributed by atoms with E-state index in [4.69, 9.17) is 5.73 Å². The Bertz CT molecular complexity index is 261. The molecule has 0 aromatic carbocycles. The van der Waals surface area contributed by atoms with Gasteiger partial charge < -0.3 is 10.6 Å². The van der Waals surface area contributed by atoms with Crippen LogP contribution in [-0.4, -0.2) is 34.7 Å². The van der Waals surface area contributed by atoms with Crippen LogP contribution in [0, 0.1) is 0 Å². The average molecular weight is 230 g/mol. The Labute approximate surface area is 95.7 Å². The summed E-state index contributed by atoms with van der Waals surface area (Å²) >= 11 is 4.59. The highest BCUT2D eigenvalue weighted by Gasteiger charge is 2.10. The predicted octanol–water partition coefficient (Wildman–Crippen LogP) is 0.454. The van der Waals surface area contributed by atoms with Crippen molar-refractivity contribution in [2.75, 3.05) is 13.1 Å². The fourth-order valence-electron chi connectivity index (χ4n) is 1.10. The Morgan fingerprint density at radius 3 is 2.40 bits per heavy atom. The van der Waals surface area contributed by atoms with Crippen LogP contribution in [0.4, 0.5) is 0 Å². The van der Waals surface area contributed by atoms with E-state index in [0.717, 1.165) is 0 Å². The SMILES string of the molecule is CCN(CC)C(=O)C/C(C)=N/NC(N)=S. The number of amides is 1. The minimum Gasteiger partial charge on any atom is -0.375 e. The number of nitrogens with zero attached hydrogens (tertiary/aromatic N) is 2. The molecule has 6 heteroatoms. The van der Waals surface area contributed by atoms with Gasteiger partial charge in [-0.05, 0) is 33.0 Å². The van der Waals surface area contributed by atoms with Crippen molar-refractivity contribution in [2.24, 2.45) is 10.8 Å². The predicted molar refractivity (Wildman–Crippen MR) is 65.6 cm³/mol. The molecule has 0 radical (unpaired) electrons. The van der Waals surface area contributed by atoms with E-state index in [9.17, 15) is 4.79 Å². The fraction of sp³-hybridized carbons (Fsp3) is 0.667. The molecule has 0 aromatic rings. The van der Waals surface area contributed by atoms with Crippen molar-refractivity contribution in [1.82, 2.24) is 10.3 Å². The molecule has 0 spiro atoms. The number of hydrogen-bond donors (Lipinski definition) is 2. The van der Waals surface area contributed by atoms with Crippen molar-refractivity contribution < 1.29 is 4.79 Å². The van der Waals surface area contributed by atoms with E-state index in [1.165, 1.54) is 0 Å². The summed E-state index contributed by atoms with van der Waals surface area (Å²) in [6, 6.07) is 0. The Kier molecular flexibility index (Phi) is 6.61. The van der Waals surface area contributed by atoms with Crippen LogP contribution in [0.15, 0.2) is 5.10 Å². The molecule has 1 amide bonds. The summed E-state index contributed by atoms with van der Waals surface area (Å²) in [5.74, 6) is 0.0611. The maximum atomic E-state index is 11.6. The van der Waals surface area contributed by atoms with Crippen molar-refractivity contribution in [3.8, 4) is 0 Å². The first kappa shape index (κ1) is 13.8. The van der Waals surface area contributed by atoms with E-state index >= 15 is 0 Å². The number of hydrogen-bond acceptors (Lipinski definition) is 3. The molecule has 5 nitrogen and oxygen atoms in total. The summed E-state index contributed by atoms with van der Waals surface area (Å²) < 4.78 is 0. The number of hydrazone groups is 1. The molecule has 86 valence electrons. The molecule has 0 aliphatic heterocycles. The van der Waals surface area contributed by atoms with Crippen LogP contribution in [0.25, 0.3) is 0 Å². The van der Waals surface area contributed by atoms with Crippen LogP contribution < -0.4 is 11.2 Å². The monoisotopic (exact) mass is 230 g/mol. The van der Waals surface area contributed by atoms with Crippen LogP contribution in [0.5, 0.6) is 0 Å². The van der Waals surface area contributed by atoms with Crippen molar-refractivity contribution in [3.05, 3.63) is 0 Å². The number of carbonyl (C=O) groups excluding carboxylic acids is 1. The quantitative estimate of drug-likeness (QED) is 0.409. The van der Waals surface area contributed by atoms with E-state index in [0.29, 0.717) is 18.8 Å². The maximum Gasteiger partial charge on any atom is 0.228 e. The second kappa shape index (κ2) is 7.17. The zero-order valence-corrected chi connectivity index (χ0v) is 10.2. The molecule has 0 aliphatic carbocycles. The van der Waals surface area contributed by atoms with E-state index in [-0.39, 0.29) is 17.4 Å².